The summed E-state index contributed by atoms with van der Waals surface area (Å²) in [4.78, 5) is 12.8. The Morgan fingerprint density at radius 2 is 1.79 bits per heavy atom. The second-order valence-electron chi connectivity index (χ2n) is 9.07. The summed E-state index contributed by atoms with van der Waals surface area (Å²) in [6.45, 7) is 5.80. The predicted octanol–water partition coefficient (Wildman–Crippen LogP) is 2.56. The number of nitrogens with zero attached hydrogens (tertiary/aromatic N) is 1. The number of hydrogen-bond donors (Lipinski definition) is 0. The van der Waals surface area contributed by atoms with Crippen LogP contribution >= 0.6 is 0 Å². The summed E-state index contributed by atoms with van der Waals surface area (Å²) < 4.78 is 52.1. The van der Waals surface area contributed by atoms with Crippen LogP contribution in [0.25, 0.3) is 0 Å². The summed E-state index contributed by atoms with van der Waals surface area (Å²) in [5, 5.41) is 0. The molecule has 0 saturated heterocycles. The zero-order valence-corrected chi connectivity index (χ0v) is 18.8. The van der Waals surface area contributed by atoms with Gasteiger partial charge in [-0.3, -0.25) is 4.79 Å². The monoisotopic (exact) mass is 427 g/mol. The summed E-state index contributed by atoms with van der Waals surface area (Å²) in [6.07, 6.45) is 1.98. The van der Waals surface area contributed by atoms with Gasteiger partial charge in [-0.2, -0.15) is 0 Å². The van der Waals surface area contributed by atoms with Gasteiger partial charge in [0.05, 0.1) is 16.4 Å². The molecule has 0 aromatic heterocycles. The van der Waals surface area contributed by atoms with Crippen LogP contribution in [0.5, 0.6) is 0 Å². The van der Waals surface area contributed by atoms with Gasteiger partial charge in [-0.15, -0.1) is 0 Å². The molecule has 2 atom stereocenters. The largest absolute Gasteiger partial charge is 0.299 e. The lowest BCUT2D eigenvalue weighted by atomic mass is 9.70. The maximum absolute atomic E-state index is 13.1. The molecule has 3 rings (SSSR count). The quantitative estimate of drug-likeness (QED) is 0.696. The SMILES string of the molecule is Cc1ccc(S(=O)(=O)N(C)C)cc1CS(=O)(=O)CC12CCC(CC1=O)C2(C)C. The first-order chi connectivity index (χ1) is 12.7. The smallest absolute Gasteiger partial charge is 0.242 e. The molecule has 2 aliphatic rings. The third kappa shape index (κ3) is 3.23. The van der Waals surface area contributed by atoms with E-state index in [1.165, 1.54) is 26.2 Å². The molecule has 6 nitrogen and oxygen atoms in total. The molecule has 1 aromatic rings. The fourth-order valence-electron chi connectivity index (χ4n) is 4.95. The minimum absolute atomic E-state index is 0.0676. The molecule has 1 aromatic carbocycles. The number of aryl methyl sites for hydroxylation is 1. The van der Waals surface area contributed by atoms with Gasteiger partial charge in [0, 0.05) is 25.9 Å². The van der Waals surface area contributed by atoms with Crippen molar-refractivity contribution in [2.45, 2.75) is 50.7 Å². The summed E-state index contributed by atoms with van der Waals surface area (Å²) in [5.41, 5.74) is 0.0669. The van der Waals surface area contributed by atoms with E-state index in [1.54, 1.807) is 13.0 Å². The van der Waals surface area contributed by atoms with Crippen molar-refractivity contribution in [2.24, 2.45) is 16.7 Å². The minimum Gasteiger partial charge on any atom is -0.299 e. The highest BCUT2D eigenvalue weighted by molar-refractivity contribution is 7.90. The summed E-state index contributed by atoms with van der Waals surface area (Å²) in [5.74, 6) is -0.0962. The molecule has 0 aliphatic heterocycles. The highest BCUT2D eigenvalue weighted by atomic mass is 32.2. The fraction of sp³-hybridized carbons (Fsp3) is 0.650. The first kappa shape index (κ1) is 21.5. The van der Waals surface area contributed by atoms with Gasteiger partial charge in [-0.05, 0) is 54.4 Å². The number of sulfone groups is 1. The molecule has 156 valence electrons. The van der Waals surface area contributed by atoms with Gasteiger partial charge in [0.25, 0.3) is 0 Å². The molecule has 0 spiro atoms. The van der Waals surface area contributed by atoms with Crippen molar-refractivity contribution in [1.29, 1.82) is 0 Å². The fourth-order valence-corrected chi connectivity index (χ4v) is 8.21. The summed E-state index contributed by atoms with van der Waals surface area (Å²) in [6, 6.07) is 4.57. The lowest BCUT2D eigenvalue weighted by Gasteiger charge is -2.36. The Labute approximate surface area is 168 Å². The Morgan fingerprint density at radius 1 is 1.14 bits per heavy atom. The molecular weight excluding hydrogens is 398 g/mol. The number of rotatable bonds is 6. The van der Waals surface area contributed by atoms with Crippen molar-refractivity contribution in [2.75, 3.05) is 19.8 Å². The zero-order chi connectivity index (χ0) is 21.1. The molecule has 2 unspecified atom stereocenters. The number of ketones is 1. The molecular formula is C20H29NO5S2. The second-order valence-corrected chi connectivity index (χ2v) is 13.3. The Morgan fingerprint density at radius 3 is 2.29 bits per heavy atom. The van der Waals surface area contributed by atoms with E-state index in [9.17, 15) is 21.6 Å². The Hall–Kier alpha value is -1.25. The minimum atomic E-state index is -3.65. The lowest BCUT2D eigenvalue weighted by molar-refractivity contribution is -0.128. The number of hydrogen-bond acceptors (Lipinski definition) is 5. The molecule has 2 saturated carbocycles. The number of carbonyl (C=O) groups excluding carboxylic acids is 1. The highest BCUT2D eigenvalue weighted by Crippen LogP contribution is 2.64. The molecule has 2 aliphatic carbocycles. The first-order valence-electron chi connectivity index (χ1n) is 9.49. The molecule has 0 N–H and O–H groups in total. The molecule has 2 fully saturated rings. The van der Waals surface area contributed by atoms with Gasteiger partial charge < -0.3 is 0 Å². The summed E-state index contributed by atoms with van der Waals surface area (Å²) >= 11 is 0. The van der Waals surface area contributed by atoms with Crippen molar-refractivity contribution < 1.29 is 21.6 Å². The van der Waals surface area contributed by atoms with Crippen LogP contribution in [0.1, 0.15) is 44.2 Å². The van der Waals surface area contributed by atoms with E-state index in [0.717, 1.165) is 16.3 Å². The highest BCUT2D eigenvalue weighted by Gasteiger charge is 2.65. The number of carbonyl (C=O) groups is 1. The number of Topliss-reactive ketones (excluding diaryl/α,β-unsaturated/α-hetero) is 1. The number of fused-ring (bicyclic) bond motifs is 2. The van der Waals surface area contributed by atoms with Crippen LogP contribution in [-0.2, 0) is 30.4 Å². The third-order valence-corrected chi connectivity index (χ3v) is 10.6. The van der Waals surface area contributed by atoms with Crippen molar-refractivity contribution in [1.82, 2.24) is 4.31 Å². The van der Waals surface area contributed by atoms with Crippen molar-refractivity contribution in [3.05, 3.63) is 29.3 Å². The normalized spacial score (nSPS) is 26.9. The van der Waals surface area contributed by atoms with Gasteiger partial charge in [-0.1, -0.05) is 19.9 Å². The van der Waals surface area contributed by atoms with Crippen LogP contribution in [0, 0.1) is 23.7 Å². The van der Waals surface area contributed by atoms with Gasteiger partial charge >= 0.3 is 0 Å². The van der Waals surface area contributed by atoms with Gasteiger partial charge in [0.1, 0.15) is 5.78 Å². The first-order valence-corrected chi connectivity index (χ1v) is 12.7. The summed E-state index contributed by atoms with van der Waals surface area (Å²) in [7, 11) is -4.37. The van der Waals surface area contributed by atoms with E-state index >= 15 is 0 Å². The Balaban J connectivity index is 1.93. The van der Waals surface area contributed by atoms with E-state index in [2.05, 4.69) is 0 Å². The van der Waals surface area contributed by atoms with Gasteiger partial charge in [0.2, 0.25) is 10.0 Å². The van der Waals surface area contributed by atoms with Crippen molar-refractivity contribution >= 4 is 25.6 Å². The van der Waals surface area contributed by atoms with Crippen molar-refractivity contribution in [3.63, 3.8) is 0 Å². The Bertz CT molecular complexity index is 1020. The van der Waals surface area contributed by atoms with Gasteiger partial charge in [0.15, 0.2) is 9.84 Å². The maximum Gasteiger partial charge on any atom is 0.242 e. The average Bonchev–Trinajstić information content (AvgIpc) is 2.90. The van der Waals surface area contributed by atoms with E-state index < -0.39 is 25.3 Å². The lowest BCUT2D eigenvalue weighted by Crippen LogP contribution is -2.42. The number of sulfonamides is 1. The van der Waals surface area contributed by atoms with Crippen LogP contribution in [-0.4, -0.2) is 46.8 Å². The molecule has 2 bridgehead atoms. The second kappa shape index (κ2) is 6.64. The molecule has 8 heteroatoms. The topological polar surface area (TPSA) is 88.6 Å². The Kier molecular flexibility index (Phi) is 5.09. The molecule has 0 heterocycles. The maximum atomic E-state index is 13.1. The van der Waals surface area contributed by atoms with E-state index in [1.807, 2.05) is 13.8 Å². The third-order valence-electron chi connectivity index (χ3n) is 7.08. The average molecular weight is 428 g/mol. The van der Waals surface area contributed by atoms with E-state index in [4.69, 9.17) is 0 Å². The molecule has 0 amide bonds. The number of benzene rings is 1. The van der Waals surface area contributed by atoms with Gasteiger partial charge in [-0.25, -0.2) is 21.1 Å². The predicted molar refractivity (Wildman–Crippen MR) is 108 cm³/mol. The standard InChI is InChI=1S/C20H29NO5S2/c1-14-6-7-17(28(25,26)21(4)5)10-15(14)12-27(23,24)13-20-9-8-16(11-18(20)22)19(20,2)3/h6-7,10,16H,8-9,11-13H2,1-5H3. The van der Waals surface area contributed by atoms with Crippen LogP contribution in [0.15, 0.2) is 23.1 Å². The van der Waals surface area contributed by atoms with Crippen molar-refractivity contribution in [3.8, 4) is 0 Å². The van der Waals surface area contributed by atoms with Crippen LogP contribution < -0.4 is 0 Å². The van der Waals surface area contributed by atoms with Crippen LogP contribution in [0.2, 0.25) is 0 Å². The van der Waals surface area contributed by atoms with Crippen LogP contribution in [0.4, 0.5) is 0 Å². The zero-order valence-electron chi connectivity index (χ0n) is 17.1. The molecule has 0 radical (unpaired) electrons. The van der Waals surface area contributed by atoms with E-state index in [-0.39, 0.29) is 33.5 Å². The molecule has 28 heavy (non-hydrogen) atoms. The van der Waals surface area contributed by atoms with Crippen LogP contribution in [0.3, 0.4) is 0 Å². The van der Waals surface area contributed by atoms with E-state index in [0.29, 0.717) is 18.4 Å².